The number of likely N-dealkylation sites (tertiary alicyclic amines) is 2. The van der Waals surface area contributed by atoms with Gasteiger partial charge in [-0.05, 0) is 49.9 Å². The van der Waals surface area contributed by atoms with E-state index in [9.17, 15) is 4.79 Å². The molecule has 2 saturated heterocycles. The van der Waals surface area contributed by atoms with Crippen LogP contribution in [0, 0.1) is 0 Å². The highest BCUT2D eigenvalue weighted by Crippen LogP contribution is 2.44. The van der Waals surface area contributed by atoms with E-state index in [-0.39, 0.29) is 11.6 Å². The number of benzene rings is 1. The molecule has 0 aliphatic carbocycles. The zero-order chi connectivity index (χ0) is 18.0. The normalized spacial score (nSPS) is 22.4. The molecule has 0 radical (unpaired) electrons. The first kappa shape index (κ1) is 17.8. The maximum absolute atomic E-state index is 12.8. The van der Waals surface area contributed by atoms with E-state index in [1.165, 1.54) is 43.5 Å². The molecule has 0 unspecified atom stereocenters. The molecule has 26 heavy (non-hydrogen) atoms. The number of hydrogen-bond donors (Lipinski definition) is 0. The van der Waals surface area contributed by atoms with Gasteiger partial charge in [-0.3, -0.25) is 0 Å². The zero-order valence-electron chi connectivity index (χ0n) is 16.0. The number of carbonyl (C=O) groups is 1. The van der Waals surface area contributed by atoms with Gasteiger partial charge in [0, 0.05) is 33.2 Å². The largest absolute Gasteiger partial charge is 0.365 e. The average molecular weight is 357 g/mol. The highest BCUT2D eigenvalue weighted by Gasteiger charge is 2.43. The summed E-state index contributed by atoms with van der Waals surface area (Å²) in [6.07, 6.45) is 5.75. The molecule has 1 aromatic carbocycles. The van der Waals surface area contributed by atoms with Crippen molar-refractivity contribution >= 4 is 6.03 Å². The van der Waals surface area contributed by atoms with E-state index in [1.54, 1.807) is 0 Å². The summed E-state index contributed by atoms with van der Waals surface area (Å²) in [7, 11) is 1.94. The first-order chi connectivity index (χ1) is 12.7. The Morgan fingerprint density at radius 2 is 1.85 bits per heavy atom. The lowest BCUT2D eigenvalue weighted by Gasteiger charge is -2.40. The third kappa shape index (κ3) is 3.47. The second-order valence-electron chi connectivity index (χ2n) is 8.03. The van der Waals surface area contributed by atoms with E-state index < -0.39 is 0 Å². The molecule has 2 fully saturated rings. The minimum atomic E-state index is -0.167. The molecule has 0 atom stereocenters. The highest BCUT2D eigenvalue weighted by atomic mass is 16.5. The van der Waals surface area contributed by atoms with Crippen molar-refractivity contribution in [3.05, 3.63) is 35.4 Å². The van der Waals surface area contributed by atoms with Gasteiger partial charge >= 0.3 is 6.03 Å². The Kier molecular flexibility index (Phi) is 5.18. The fourth-order valence-electron chi connectivity index (χ4n) is 4.67. The number of hydrogen-bond acceptors (Lipinski definition) is 3. The number of amides is 2. The Hall–Kier alpha value is -1.59. The highest BCUT2D eigenvalue weighted by molar-refractivity contribution is 5.74. The maximum atomic E-state index is 12.8. The van der Waals surface area contributed by atoms with Gasteiger partial charge in [0.05, 0.1) is 12.2 Å². The quantitative estimate of drug-likeness (QED) is 0.834. The number of ether oxygens (including phenoxy) is 1. The second-order valence-corrected chi connectivity index (χ2v) is 8.03. The zero-order valence-corrected chi connectivity index (χ0v) is 16.0. The van der Waals surface area contributed by atoms with Crippen LogP contribution in [0.5, 0.6) is 0 Å². The number of likely N-dealkylation sites (N-methyl/N-ethyl adjacent to an activating group) is 1. The van der Waals surface area contributed by atoms with Crippen molar-refractivity contribution in [1.29, 1.82) is 0 Å². The second kappa shape index (κ2) is 7.57. The van der Waals surface area contributed by atoms with Gasteiger partial charge in [0.1, 0.15) is 0 Å². The number of piperidine rings is 2. The lowest BCUT2D eigenvalue weighted by molar-refractivity contribution is -0.0740. The van der Waals surface area contributed by atoms with E-state index in [4.69, 9.17) is 4.74 Å². The fraction of sp³-hybridized carbons (Fsp3) is 0.667. The van der Waals surface area contributed by atoms with Crippen molar-refractivity contribution in [3.8, 4) is 0 Å². The molecular weight excluding hydrogens is 326 g/mol. The monoisotopic (exact) mass is 357 g/mol. The summed E-state index contributed by atoms with van der Waals surface area (Å²) < 4.78 is 6.21. The van der Waals surface area contributed by atoms with Crippen LogP contribution in [-0.2, 0) is 16.9 Å². The van der Waals surface area contributed by atoms with E-state index in [0.29, 0.717) is 6.61 Å². The van der Waals surface area contributed by atoms with Gasteiger partial charge in [0.2, 0.25) is 0 Å². The van der Waals surface area contributed by atoms with E-state index >= 15 is 0 Å². The summed E-state index contributed by atoms with van der Waals surface area (Å²) >= 11 is 0. The van der Waals surface area contributed by atoms with Crippen LogP contribution in [0.15, 0.2) is 24.3 Å². The molecule has 2 amide bonds. The minimum absolute atomic E-state index is 0.167. The van der Waals surface area contributed by atoms with Gasteiger partial charge in [0.15, 0.2) is 0 Å². The first-order valence-corrected chi connectivity index (χ1v) is 10.1. The van der Waals surface area contributed by atoms with Crippen LogP contribution in [0.3, 0.4) is 0 Å². The average Bonchev–Trinajstić information content (AvgIpc) is 3.05. The molecule has 3 aliphatic rings. The lowest BCUT2D eigenvalue weighted by atomic mass is 9.84. The Bertz CT molecular complexity index is 634. The molecule has 3 aliphatic heterocycles. The topological polar surface area (TPSA) is 36.0 Å². The standard InChI is InChI=1S/C21H31N3O2/c1-22(15-16-23-11-5-2-6-12-23)20(25)24-13-9-21(10-14-24)19-8-4-3-7-18(19)17-26-21/h3-4,7-8H,2,5-6,9-17H2,1H3. The van der Waals surface area contributed by atoms with E-state index in [1.807, 2.05) is 16.8 Å². The molecule has 0 aromatic heterocycles. The predicted molar refractivity (Wildman–Crippen MR) is 102 cm³/mol. The van der Waals surface area contributed by atoms with Crippen LogP contribution in [0.2, 0.25) is 0 Å². The third-order valence-corrected chi connectivity index (χ3v) is 6.38. The maximum Gasteiger partial charge on any atom is 0.319 e. The SMILES string of the molecule is CN(CCN1CCCCC1)C(=O)N1CCC2(CC1)OCc1ccccc12. The summed E-state index contributed by atoms with van der Waals surface area (Å²) in [6.45, 7) is 6.45. The summed E-state index contributed by atoms with van der Waals surface area (Å²) in [5, 5.41) is 0. The van der Waals surface area contributed by atoms with Crippen molar-refractivity contribution in [2.45, 2.75) is 44.3 Å². The van der Waals surface area contributed by atoms with Crippen molar-refractivity contribution in [2.75, 3.05) is 46.3 Å². The number of nitrogens with zero attached hydrogens (tertiary/aromatic N) is 3. The van der Waals surface area contributed by atoms with E-state index in [2.05, 4.69) is 29.2 Å². The van der Waals surface area contributed by atoms with Gasteiger partial charge in [-0.15, -0.1) is 0 Å². The molecule has 5 nitrogen and oxygen atoms in total. The smallest absolute Gasteiger partial charge is 0.319 e. The number of carbonyl (C=O) groups excluding carboxylic acids is 1. The molecule has 0 saturated carbocycles. The summed E-state index contributed by atoms with van der Waals surface area (Å²) in [5.74, 6) is 0. The van der Waals surface area contributed by atoms with Gasteiger partial charge in [-0.25, -0.2) is 4.79 Å². The predicted octanol–water partition coefficient (Wildman–Crippen LogP) is 3.05. The Balaban J connectivity index is 1.29. The molecule has 4 rings (SSSR count). The van der Waals surface area contributed by atoms with Crippen LogP contribution in [-0.4, -0.2) is 67.0 Å². The minimum Gasteiger partial charge on any atom is -0.365 e. The van der Waals surface area contributed by atoms with Crippen molar-refractivity contribution in [2.24, 2.45) is 0 Å². The van der Waals surface area contributed by atoms with Gasteiger partial charge < -0.3 is 19.4 Å². The number of rotatable bonds is 3. The number of urea groups is 1. The van der Waals surface area contributed by atoms with Crippen molar-refractivity contribution < 1.29 is 9.53 Å². The van der Waals surface area contributed by atoms with Gasteiger partial charge in [-0.2, -0.15) is 0 Å². The number of fused-ring (bicyclic) bond motifs is 2. The van der Waals surface area contributed by atoms with E-state index in [0.717, 1.165) is 39.0 Å². The summed E-state index contributed by atoms with van der Waals surface area (Å²) in [6, 6.07) is 8.71. The first-order valence-electron chi connectivity index (χ1n) is 10.1. The fourth-order valence-corrected chi connectivity index (χ4v) is 4.67. The molecule has 0 bridgehead atoms. The Morgan fingerprint density at radius 1 is 1.12 bits per heavy atom. The molecule has 1 aromatic rings. The third-order valence-electron chi connectivity index (χ3n) is 6.38. The lowest BCUT2D eigenvalue weighted by Crippen LogP contribution is -2.50. The molecule has 142 valence electrons. The van der Waals surface area contributed by atoms with Crippen LogP contribution in [0.4, 0.5) is 4.79 Å². The molecule has 0 N–H and O–H groups in total. The van der Waals surface area contributed by atoms with Crippen LogP contribution in [0.25, 0.3) is 0 Å². The van der Waals surface area contributed by atoms with Crippen molar-refractivity contribution in [1.82, 2.24) is 14.7 Å². The van der Waals surface area contributed by atoms with Gasteiger partial charge in [0.25, 0.3) is 0 Å². The summed E-state index contributed by atoms with van der Waals surface area (Å²) in [5.41, 5.74) is 2.48. The summed E-state index contributed by atoms with van der Waals surface area (Å²) in [4.78, 5) is 19.2. The molecule has 3 heterocycles. The van der Waals surface area contributed by atoms with Crippen LogP contribution in [0.1, 0.15) is 43.2 Å². The van der Waals surface area contributed by atoms with Gasteiger partial charge in [-0.1, -0.05) is 30.7 Å². The Labute approximate surface area is 156 Å². The molecule has 1 spiro atoms. The van der Waals surface area contributed by atoms with Crippen LogP contribution < -0.4 is 0 Å². The molecular formula is C21H31N3O2. The van der Waals surface area contributed by atoms with Crippen molar-refractivity contribution in [3.63, 3.8) is 0 Å². The Morgan fingerprint density at radius 3 is 2.62 bits per heavy atom. The van der Waals surface area contributed by atoms with Crippen LogP contribution >= 0.6 is 0 Å². The molecule has 5 heteroatoms.